The number of nitrogens with one attached hydrogen (secondary N) is 1. The normalized spacial score (nSPS) is 9.50. The monoisotopic (exact) mass is 295 g/mol. The van der Waals surface area contributed by atoms with Gasteiger partial charge in [0.05, 0.1) is 5.69 Å². The molecule has 5 heteroatoms. The summed E-state index contributed by atoms with van der Waals surface area (Å²) >= 11 is 0. The molecule has 112 valence electrons. The second kappa shape index (κ2) is 8.42. The van der Waals surface area contributed by atoms with E-state index in [1.807, 2.05) is 49.4 Å². The Morgan fingerprint density at radius 3 is 2.73 bits per heavy atom. The van der Waals surface area contributed by atoms with Crippen molar-refractivity contribution in [1.29, 1.82) is 0 Å². The van der Waals surface area contributed by atoms with Crippen molar-refractivity contribution in [2.75, 3.05) is 6.54 Å². The lowest BCUT2D eigenvalue weighted by molar-refractivity contribution is 0.140. The first-order valence-electron chi connectivity index (χ1n) is 6.98. The highest BCUT2D eigenvalue weighted by molar-refractivity contribution is 5.67. The predicted octanol–water partition coefficient (Wildman–Crippen LogP) is 2.45. The molecule has 0 spiro atoms. The minimum Gasteiger partial charge on any atom is -0.445 e. The van der Waals surface area contributed by atoms with Crippen LogP contribution in [0.1, 0.15) is 23.4 Å². The summed E-state index contributed by atoms with van der Waals surface area (Å²) in [5, 5.41) is 10.5. The van der Waals surface area contributed by atoms with E-state index in [-0.39, 0.29) is 6.61 Å². The molecule has 1 N–H and O–H groups in total. The quantitative estimate of drug-likeness (QED) is 0.695. The van der Waals surface area contributed by atoms with E-state index in [0.717, 1.165) is 11.3 Å². The van der Waals surface area contributed by atoms with Crippen LogP contribution in [-0.2, 0) is 11.3 Å². The lowest BCUT2D eigenvalue weighted by Crippen LogP contribution is -2.24. The Morgan fingerprint density at radius 1 is 1.18 bits per heavy atom. The maximum absolute atomic E-state index is 11.5. The third kappa shape index (κ3) is 5.63. The van der Waals surface area contributed by atoms with Crippen LogP contribution < -0.4 is 5.32 Å². The molecule has 0 atom stereocenters. The lowest BCUT2D eigenvalue weighted by atomic mass is 10.2. The van der Waals surface area contributed by atoms with E-state index in [9.17, 15) is 4.79 Å². The summed E-state index contributed by atoms with van der Waals surface area (Å²) in [6.45, 7) is 2.56. The van der Waals surface area contributed by atoms with Gasteiger partial charge in [0.15, 0.2) is 0 Å². The summed E-state index contributed by atoms with van der Waals surface area (Å²) in [5.74, 6) is 5.82. The molecule has 1 heterocycles. The first-order valence-corrected chi connectivity index (χ1v) is 6.98. The van der Waals surface area contributed by atoms with Crippen LogP contribution in [0.5, 0.6) is 0 Å². The van der Waals surface area contributed by atoms with Gasteiger partial charge in [-0.25, -0.2) is 4.79 Å². The Bertz CT molecular complexity index is 658. The van der Waals surface area contributed by atoms with Gasteiger partial charge in [-0.1, -0.05) is 36.3 Å². The fourth-order valence-corrected chi connectivity index (χ4v) is 1.62. The standard InChI is InChI=1S/C17H17N3O2/c1-14-10-11-16(20-19-14)9-5-6-12-18-17(21)22-13-15-7-3-2-4-8-15/h2-4,7-8,10-11H,6,12-13H2,1H3,(H,18,21). The van der Waals surface area contributed by atoms with Crippen molar-refractivity contribution in [3.63, 3.8) is 0 Å². The molecule has 0 saturated carbocycles. The molecule has 0 fully saturated rings. The molecule has 5 nitrogen and oxygen atoms in total. The number of carbonyl (C=O) groups excluding carboxylic acids is 1. The fraction of sp³-hybridized carbons (Fsp3) is 0.235. The van der Waals surface area contributed by atoms with E-state index < -0.39 is 6.09 Å². The molecule has 0 bridgehead atoms. The van der Waals surface area contributed by atoms with E-state index >= 15 is 0 Å². The minimum absolute atomic E-state index is 0.261. The topological polar surface area (TPSA) is 64.1 Å². The van der Waals surface area contributed by atoms with E-state index in [1.165, 1.54) is 0 Å². The number of rotatable bonds is 4. The van der Waals surface area contributed by atoms with E-state index in [1.54, 1.807) is 0 Å². The second-order valence-corrected chi connectivity index (χ2v) is 4.60. The van der Waals surface area contributed by atoms with Crippen LogP contribution in [-0.4, -0.2) is 22.8 Å². The smallest absolute Gasteiger partial charge is 0.407 e. The van der Waals surface area contributed by atoms with Crippen molar-refractivity contribution in [2.24, 2.45) is 0 Å². The summed E-state index contributed by atoms with van der Waals surface area (Å²) < 4.78 is 5.09. The molecule has 2 rings (SSSR count). The number of aryl methyl sites for hydroxylation is 1. The summed E-state index contributed by atoms with van der Waals surface area (Å²) in [6, 6.07) is 13.2. The van der Waals surface area contributed by atoms with Crippen LogP contribution in [0.3, 0.4) is 0 Å². The predicted molar refractivity (Wildman–Crippen MR) is 82.9 cm³/mol. The van der Waals surface area contributed by atoms with Gasteiger partial charge in [-0.15, -0.1) is 5.10 Å². The van der Waals surface area contributed by atoms with Gasteiger partial charge < -0.3 is 10.1 Å². The maximum atomic E-state index is 11.5. The lowest BCUT2D eigenvalue weighted by Gasteiger charge is -2.05. The van der Waals surface area contributed by atoms with Crippen LogP contribution in [0.15, 0.2) is 42.5 Å². The van der Waals surface area contributed by atoms with Crippen LogP contribution >= 0.6 is 0 Å². The second-order valence-electron chi connectivity index (χ2n) is 4.60. The van der Waals surface area contributed by atoms with Gasteiger partial charge in [-0.3, -0.25) is 0 Å². The summed E-state index contributed by atoms with van der Waals surface area (Å²) in [6.07, 6.45) is 0.0801. The highest BCUT2D eigenvalue weighted by Gasteiger charge is 2.00. The highest BCUT2D eigenvalue weighted by atomic mass is 16.5. The Hall–Kier alpha value is -2.87. The molecular weight excluding hydrogens is 278 g/mol. The molecule has 0 aliphatic carbocycles. The van der Waals surface area contributed by atoms with Gasteiger partial charge in [-0.05, 0) is 30.5 Å². The number of benzene rings is 1. The molecule has 1 aromatic carbocycles. The molecule has 0 aliphatic rings. The van der Waals surface area contributed by atoms with Crippen LogP contribution in [0.2, 0.25) is 0 Å². The van der Waals surface area contributed by atoms with Gasteiger partial charge in [0.2, 0.25) is 0 Å². The fourth-order valence-electron chi connectivity index (χ4n) is 1.62. The molecule has 0 aliphatic heterocycles. The molecule has 1 amide bonds. The minimum atomic E-state index is -0.444. The summed E-state index contributed by atoms with van der Waals surface area (Å²) in [4.78, 5) is 11.5. The third-order valence-corrected chi connectivity index (χ3v) is 2.75. The number of hydrogen-bond acceptors (Lipinski definition) is 4. The molecule has 0 unspecified atom stereocenters. The summed E-state index contributed by atoms with van der Waals surface area (Å²) in [5.41, 5.74) is 2.43. The maximum Gasteiger partial charge on any atom is 0.407 e. The van der Waals surface area contributed by atoms with Crippen molar-refractivity contribution in [3.8, 4) is 11.8 Å². The van der Waals surface area contributed by atoms with Crippen molar-refractivity contribution in [3.05, 3.63) is 59.4 Å². The average molecular weight is 295 g/mol. The highest BCUT2D eigenvalue weighted by Crippen LogP contribution is 2.00. The van der Waals surface area contributed by atoms with Crippen LogP contribution in [0.4, 0.5) is 4.79 Å². The molecule has 22 heavy (non-hydrogen) atoms. The molecule has 0 radical (unpaired) electrons. The number of alkyl carbamates (subject to hydrolysis) is 1. The first-order chi connectivity index (χ1) is 10.7. The number of nitrogens with zero attached hydrogens (tertiary/aromatic N) is 2. The van der Waals surface area contributed by atoms with Gasteiger partial charge >= 0.3 is 6.09 Å². The largest absolute Gasteiger partial charge is 0.445 e. The van der Waals surface area contributed by atoms with Gasteiger partial charge in [0.25, 0.3) is 0 Å². The van der Waals surface area contributed by atoms with Crippen molar-refractivity contribution < 1.29 is 9.53 Å². The zero-order chi connectivity index (χ0) is 15.6. The van der Waals surface area contributed by atoms with E-state index in [2.05, 4.69) is 27.4 Å². The third-order valence-electron chi connectivity index (χ3n) is 2.75. The number of ether oxygens (including phenoxy) is 1. The molecular formula is C17H17N3O2. The molecule has 1 aromatic heterocycles. The molecule has 0 saturated heterocycles. The average Bonchev–Trinajstić information content (AvgIpc) is 2.55. The summed E-state index contributed by atoms with van der Waals surface area (Å²) in [7, 11) is 0. The van der Waals surface area contributed by atoms with E-state index in [0.29, 0.717) is 18.7 Å². The van der Waals surface area contributed by atoms with Crippen molar-refractivity contribution in [1.82, 2.24) is 15.5 Å². The zero-order valence-electron chi connectivity index (χ0n) is 12.4. The van der Waals surface area contributed by atoms with Gasteiger partial charge in [0, 0.05) is 13.0 Å². The van der Waals surface area contributed by atoms with Gasteiger partial charge in [-0.2, -0.15) is 5.10 Å². The van der Waals surface area contributed by atoms with E-state index in [4.69, 9.17) is 4.74 Å². The van der Waals surface area contributed by atoms with Crippen molar-refractivity contribution in [2.45, 2.75) is 20.0 Å². The first kappa shape index (κ1) is 15.5. The molecule has 2 aromatic rings. The van der Waals surface area contributed by atoms with Gasteiger partial charge in [0.1, 0.15) is 12.3 Å². The number of amides is 1. The van der Waals surface area contributed by atoms with Crippen LogP contribution in [0, 0.1) is 18.8 Å². The number of aromatic nitrogens is 2. The van der Waals surface area contributed by atoms with Crippen molar-refractivity contribution >= 4 is 6.09 Å². The Kier molecular flexibility index (Phi) is 5.94. The Morgan fingerprint density at radius 2 is 2.00 bits per heavy atom. The number of carbonyl (C=O) groups is 1. The number of hydrogen-bond donors (Lipinski definition) is 1. The zero-order valence-corrected chi connectivity index (χ0v) is 12.4. The Labute approximate surface area is 129 Å². The SMILES string of the molecule is Cc1ccc(C#CCCNC(=O)OCc2ccccc2)nn1. The Balaban J connectivity index is 1.64. The van der Waals surface area contributed by atoms with Crippen LogP contribution in [0.25, 0.3) is 0 Å².